The Morgan fingerprint density at radius 2 is 1.91 bits per heavy atom. The van der Waals surface area contributed by atoms with E-state index in [0.717, 1.165) is 5.56 Å². The van der Waals surface area contributed by atoms with Gasteiger partial charge in [-0.25, -0.2) is 0 Å². The number of benzene rings is 1. The molecule has 1 aromatic carbocycles. The SMILES string of the molecule is CC([Si])c1ccc(Cl)c(Cl)c1. The quantitative estimate of drug-likeness (QED) is 0.613. The summed E-state index contributed by atoms with van der Waals surface area (Å²) in [6, 6.07) is 5.61. The number of hydrogen-bond acceptors (Lipinski definition) is 0. The van der Waals surface area contributed by atoms with Gasteiger partial charge in [0.15, 0.2) is 0 Å². The van der Waals surface area contributed by atoms with Crippen LogP contribution in [0.4, 0.5) is 0 Å². The fourth-order valence-electron chi connectivity index (χ4n) is 0.782. The summed E-state index contributed by atoms with van der Waals surface area (Å²) in [6.45, 7) is 2.04. The summed E-state index contributed by atoms with van der Waals surface area (Å²) >= 11 is 11.5. The van der Waals surface area contributed by atoms with Crippen molar-refractivity contribution in [3.63, 3.8) is 0 Å². The summed E-state index contributed by atoms with van der Waals surface area (Å²) in [4.78, 5) is 0. The summed E-state index contributed by atoms with van der Waals surface area (Å²) in [7, 11) is 3.49. The summed E-state index contributed by atoms with van der Waals surface area (Å²) in [5.41, 5.74) is 1.45. The molecule has 3 radical (unpaired) electrons. The van der Waals surface area contributed by atoms with Crippen LogP contribution in [-0.4, -0.2) is 10.2 Å². The Balaban J connectivity index is 3.05. The van der Waals surface area contributed by atoms with Crippen LogP contribution in [0, 0.1) is 0 Å². The number of rotatable bonds is 1. The second-order valence-electron chi connectivity index (χ2n) is 2.40. The van der Waals surface area contributed by atoms with Crippen LogP contribution in [0.15, 0.2) is 18.2 Å². The van der Waals surface area contributed by atoms with Gasteiger partial charge in [0.05, 0.1) is 10.0 Å². The van der Waals surface area contributed by atoms with E-state index in [1.165, 1.54) is 0 Å². The van der Waals surface area contributed by atoms with Gasteiger partial charge in [-0.05, 0) is 23.2 Å². The van der Waals surface area contributed by atoms with Gasteiger partial charge in [0.2, 0.25) is 0 Å². The summed E-state index contributed by atoms with van der Waals surface area (Å²) < 4.78 is 0. The highest BCUT2D eigenvalue weighted by Gasteiger charge is 2.01. The highest BCUT2D eigenvalue weighted by Crippen LogP contribution is 2.24. The van der Waals surface area contributed by atoms with Crippen LogP contribution in [-0.2, 0) is 0 Å². The van der Waals surface area contributed by atoms with Gasteiger partial charge in [0.25, 0.3) is 0 Å². The molecular formula is C8H7Cl2Si. The molecule has 3 heteroatoms. The Bertz CT molecular complexity index is 258. The summed E-state index contributed by atoms with van der Waals surface area (Å²) in [6.07, 6.45) is 0. The second kappa shape index (κ2) is 3.61. The molecule has 57 valence electrons. The highest BCUT2D eigenvalue weighted by atomic mass is 35.5. The molecule has 0 bridgehead atoms. The maximum absolute atomic E-state index is 5.80. The Hall–Kier alpha value is 0.0169. The predicted octanol–water partition coefficient (Wildman–Crippen LogP) is 3.22. The minimum Gasteiger partial charge on any atom is -0.0827 e. The number of halogens is 2. The van der Waals surface area contributed by atoms with Gasteiger partial charge in [-0.2, -0.15) is 0 Å². The van der Waals surface area contributed by atoms with E-state index in [0.29, 0.717) is 15.6 Å². The molecule has 1 atom stereocenters. The van der Waals surface area contributed by atoms with E-state index in [2.05, 4.69) is 10.2 Å². The molecule has 0 fully saturated rings. The Kier molecular flexibility index (Phi) is 2.99. The summed E-state index contributed by atoms with van der Waals surface area (Å²) in [5, 5.41) is 1.21. The molecule has 1 aromatic rings. The van der Waals surface area contributed by atoms with Gasteiger partial charge in [0.1, 0.15) is 0 Å². The summed E-state index contributed by atoms with van der Waals surface area (Å²) in [5.74, 6) is 0. The molecule has 0 saturated heterocycles. The van der Waals surface area contributed by atoms with E-state index in [9.17, 15) is 0 Å². The molecule has 0 saturated carbocycles. The van der Waals surface area contributed by atoms with Crippen LogP contribution in [0.2, 0.25) is 10.0 Å². The lowest BCUT2D eigenvalue weighted by Gasteiger charge is -2.05. The fraction of sp³-hybridized carbons (Fsp3) is 0.250. The maximum Gasteiger partial charge on any atom is 0.0595 e. The Morgan fingerprint density at radius 1 is 1.27 bits per heavy atom. The third-order valence-corrected chi connectivity index (χ3v) is 2.52. The average Bonchev–Trinajstić information content (AvgIpc) is 1.94. The Morgan fingerprint density at radius 3 is 2.36 bits per heavy atom. The first kappa shape index (κ1) is 9.11. The molecule has 0 nitrogen and oxygen atoms in total. The molecule has 0 N–H and O–H groups in total. The zero-order valence-corrected chi connectivity index (χ0v) is 8.58. The molecule has 0 aliphatic heterocycles. The third-order valence-electron chi connectivity index (χ3n) is 1.44. The van der Waals surface area contributed by atoms with Gasteiger partial charge >= 0.3 is 0 Å². The van der Waals surface area contributed by atoms with Crippen molar-refractivity contribution in [2.45, 2.75) is 12.5 Å². The topological polar surface area (TPSA) is 0 Å². The molecule has 1 unspecified atom stereocenters. The molecule has 0 amide bonds. The zero-order chi connectivity index (χ0) is 8.43. The fourth-order valence-corrected chi connectivity index (χ4v) is 1.27. The first-order valence-electron chi connectivity index (χ1n) is 3.27. The molecular weight excluding hydrogens is 195 g/mol. The minimum absolute atomic E-state index is 0.310. The van der Waals surface area contributed by atoms with E-state index in [1.807, 2.05) is 19.1 Å². The van der Waals surface area contributed by atoms with Crippen LogP contribution < -0.4 is 0 Å². The van der Waals surface area contributed by atoms with Crippen molar-refractivity contribution in [1.82, 2.24) is 0 Å². The van der Waals surface area contributed by atoms with E-state index < -0.39 is 0 Å². The first-order valence-corrected chi connectivity index (χ1v) is 4.60. The van der Waals surface area contributed by atoms with Gasteiger partial charge in [-0.1, -0.05) is 36.2 Å². The van der Waals surface area contributed by atoms with Crippen molar-refractivity contribution in [2.24, 2.45) is 0 Å². The van der Waals surface area contributed by atoms with Crippen molar-refractivity contribution < 1.29 is 0 Å². The molecule has 0 heterocycles. The van der Waals surface area contributed by atoms with Crippen molar-refractivity contribution >= 4 is 33.4 Å². The maximum atomic E-state index is 5.80. The lowest BCUT2D eigenvalue weighted by Crippen LogP contribution is -1.90. The van der Waals surface area contributed by atoms with Crippen LogP contribution >= 0.6 is 23.2 Å². The van der Waals surface area contributed by atoms with E-state index in [-0.39, 0.29) is 0 Å². The van der Waals surface area contributed by atoms with Gasteiger partial charge in [-0.3, -0.25) is 0 Å². The van der Waals surface area contributed by atoms with Crippen molar-refractivity contribution in [3.05, 3.63) is 33.8 Å². The van der Waals surface area contributed by atoms with Gasteiger partial charge < -0.3 is 0 Å². The second-order valence-corrected chi connectivity index (χ2v) is 4.08. The van der Waals surface area contributed by atoms with E-state index >= 15 is 0 Å². The largest absolute Gasteiger partial charge is 0.0827 e. The van der Waals surface area contributed by atoms with E-state index in [1.54, 1.807) is 6.07 Å². The predicted molar refractivity (Wildman–Crippen MR) is 50.6 cm³/mol. The monoisotopic (exact) mass is 201 g/mol. The zero-order valence-electron chi connectivity index (χ0n) is 6.07. The molecule has 1 rings (SSSR count). The standard InChI is InChI=1S/C8H7Cl2Si/c1-5(11)6-2-3-7(9)8(10)4-6/h2-5H,1H3. The average molecular weight is 202 g/mol. The number of hydrogen-bond donors (Lipinski definition) is 0. The van der Waals surface area contributed by atoms with Gasteiger partial charge in [0, 0.05) is 10.2 Å². The highest BCUT2D eigenvalue weighted by molar-refractivity contribution is 6.42. The molecule has 0 aliphatic carbocycles. The van der Waals surface area contributed by atoms with Crippen molar-refractivity contribution in [1.29, 1.82) is 0 Å². The van der Waals surface area contributed by atoms with Crippen molar-refractivity contribution in [3.8, 4) is 0 Å². The van der Waals surface area contributed by atoms with Crippen LogP contribution in [0.25, 0.3) is 0 Å². The lowest BCUT2D eigenvalue weighted by molar-refractivity contribution is 1.08. The van der Waals surface area contributed by atoms with E-state index in [4.69, 9.17) is 23.2 Å². The lowest BCUT2D eigenvalue weighted by atomic mass is 10.2. The van der Waals surface area contributed by atoms with Gasteiger partial charge in [-0.15, -0.1) is 0 Å². The third kappa shape index (κ3) is 2.22. The van der Waals surface area contributed by atoms with Crippen LogP contribution in [0.5, 0.6) is 0 Å². The smallest absolute Gasteiger partial charge is 0.0595 e. The Labute approximate surface area is 79.9 Å². The first-order chi connectivity index (χ1) is 5.11. The molecule has 0 spiro atoms. The normalized spacial score (nSPS) is 13.1. The molecule has 0 aromatic heterocycles. The molecule has 11 heavy (non-hydrogen) atoms. The van der Waals surface area contributed by atoms with Crippen LogP contribution in [0.1, 0.15) is 18.0 Å². The minimum atomic E-state index is 0.310. The molecule has 0 aliphatic rings. The van der Waals surface area contributed by atoms with Crippen LogP contribution in [0.3, 0.4) is 0 Å². The van der Waals surface area contributed by atoms with Crippen molar-refractivity contribution in [2.75, 3.05) is 0 Å².